The molecular formula is C23H28N4O6S. The van der Waals surface area contributed by atoms with Gasteiger partial charge in [0.15, 0.2) is 5.78 Å². The van der Waals surface area contributed by atoms with E-state index in [1.807, 2.05) is 0 Å². The largest absolute Gasteiger partial charge is 0.497 e. The van der Waals surface area contributed by atoms with E-state index in [0.29, 0.717) is 24.4 Å². The van der Waals surface area contributed by atoms with Crippen LogP contribution in [0.4, 0.5) is 4.79 Å². The van der Waals surface area contributed by atoms with Gasteiger partial charge in [-0.05, 0) is 44.0 Å². The number of nitrogens with one attached hydrogen (secondary N) is 2. The van der Waals surface area contributed by atoms with Crippen molar-refractivity contribution in [2.24, 2.45) is 0 Å². The summed E-state index contributed by atoms with van der Waals surface area (Å²) in [6, 6.07) is 6.86. The Morgan fingerprint density at radius 2 is 1.79 bits per heavy atom. The number of amides is 3. The first kappa shape index (κ1) is 25.2. The second-order valence-electron chi connectivity index (χ2n) is 7.68. The van der Waals surface area contributed by atoms with Crippen LogP contribution in [0.3, 0.4) is 0 Å². The Labute approximate surface area is 201 Å². The summed E-state index contributed by atoms with van der Waals surface area (Å²) in [5.41, 5.74) is 5.19. The fourth-order valence-electron chi connectivity index (χ4n) is 3.59. The summed E-state index contributed by atoms with van der Waals surface area (Å²) in [6.45, 7) is 3.01. The molecule has 0 bridgehead atoms. The second kappa shape index (κ2) is 12.1. The van der Waals surface area contributed by atoms with Crippen molar-refractivity contribution in [2.75, 3.05) is 26.8 Å². The van der Waals surface area contributed by atoms with Crippen LogP contribution in [0.2, 0.25) is 0 Å². The highest BCUT2D eigenvalue weighted by atomic mass is 32.1. The number of hydrogen-bond donors (Lipinski definition) is 2. The summed E-state index contributed by atoms with van der Waals surface area (Å²) in [7, 11) is 1.56. The number of hydrazine groups is 1. The molecule has 10 nitrogen and oxygen atoms in total. The van der Waals surface area contributed by atoms with Crippen LogP contribution in [0.1, 0.15) is 64.4 Å². The minimum atomic E-state index is -0.742. The highest BCUT2D eigenvalue weighted by molar-refractivity contribution is 7.09. The van der Waals surface area contributed by atoms with Crippen molar-refractivity contribution < 1.29 is 28.7 Å². The molecule has 1 fully saturated rings. The number of carbonyl (C=O) groups is 4. The van der Waals surface area contributed by atoms with Crippen molar-refractivity contribution in [1.29, 1.82) is 0 Å². The van der Waals surface area contributed by atoms with Crippen LogP contribution in [0.5, 0.6) is 5.75 Å². The second-order valence-corrected chi connectivity index (χ2v) is 8.57. The van der Waals surface area contributed by atoms with Crippen LogP contribution in [-0.4, -0.2) is 60.4 Å². The summed E-state index contributed by atoms with van der Waals surface area (Å²) in [5, 5.41) is 2.46. The van der Waals surface area contributed by atoms with E-state index in [-0.39, 0.29) is 42.8 Å². The molecule has 11 heteroatoms. The van der Waals surface area contributed by atoms with Crippen molar-refractivity contribution in [1.82, 2.24) is 20.7 Å². The van der Waals surface area contributed by atoms with Gasteiger partial charge in [-0.1, -0.05) is 0 Å². The molecule has 1 aromatic carbocycles. The molecule has 1 aromatic heterocycles. The van der Waals surface area contributed by atoms with E-state index in [1.54, 1.807) is 48.6 Å². The van der Waals surface area contributed by atoms with Gasteiger partial charge in [-0.3, -0.25) is 19.8 Å². The summed E-state index contributed by atoms with van der Waals surface area (Å²) >= 11 is 1.38. The first-order chi connectivity index (χ1) is 16.4. The number of nitrogens with zero attached hydrogens (tertiary/aromatic N) is 2. The average Bonchev–Trinajstić information content (AvgIpc) is 3.36. The van der Waals surface area contributed by atoms with Gasteiger partial charge < -0.3 is 14.4 Å². The highest BCUT2D eigenvalue weighted by Gasteiger charge is 2.26. The summed E-state index contributed by atoms with van der Waals surface area (Å²) < 4.78 is 9.77. The van der Waals surface area contributed by atoms with E-state index in [1.165, 1.54) is 11.3 Å². The zero-order valence-electron chi connectivity index (χ0n) is 19.2. The normalized spacial score (nSPS) is 13.8. The molecule has 3 amide bonds. The third-order valence-corrected chi connectivity index (χ3v) is 6.49. The predicted octanol–water partition coefficient (Wildman–Crippen LogP) is 2.91. The number of ketones is 1. The maximum atomic E-state index is 12.6. The SMILES string of the molecule is CCOC(=O)NNC(=O)c1csc(C2CCN(C(=O)CCC(=O)c3ccc(OC)cc3)CC2)n1. The smallest absolute Gasteiger partial charge is 0.426 e. The number of benzene rings is 1. The number of rotatable bonds is 8. The molecular weight excluding hydrogens is 460 g/mol. The monoisotopic (exact) mass is 488 g/mol. The van der Waals surface area contributed by atoms with Crippen molar-refractivity contribution in [2.45, 2.75) is 38.5 Å². The first-order valence-electron chi connectivity index (χ1n) is 11.0. The van der Waals surface area contributed by atoms with Crippen LogP contribution in [0.15, 0.2) is 29.6 Å². The van der Waals surface area contributed by atoms with E-state index in [0.717, 1.165) is 17.8 Å². The number of ether oxygens (including phenoxy) is 2. The molecule has 1 aliphatic rings. The predicted molar refractivity (Wildman–Crippen MR) is 125 cm³/mol. The molecule has 2 aromatic rings. The van der Waals surface area contributed by atoms with Crippen molar-refractivity contribution in [3.8, 4) is 5.75 Å². The fraction of sp³-hybridized carbons (Fsp3) is 0.435. The quantitative estimate of drug-likeness (QED) is 0.432. The molecule has 1 saturated heterocycles. The number of likely N-dealkylation sites (tertiary alicyclic amines) is 1. The van der Waals surface area contributed by atoms with Gasteiger partial charge >= 0.3 is 6.09 Å². The highest BCUT2D eigenvalue weighted by Crippen LogP contribution is 2.30. The van der Waals surface area contributed by atoms with Gasteiger partial charge in [0.2, 0.25) is 5.91 Å². The number of carbonyl (C=O) groups excluding carboxylic acids is 4. The molecule has 0 atom stereocenters. The molecule has 0 aliphatic carbocycles. The third kappa shape index (κ3) is 6.77. The van der Waals surface area contributed by atoms with E-state index in [4.69, 9.17) is 4.74 Å². The minimum Gasteiger partial charge on any atom is -0.497 e. The molecule has 1 aliphatic heterocycles. The van der Waals surface area contributed by atoms with Crippen LogP contribution in [0, 0.1) is 0 Å². The van der Waals surface area contributed by atoms with E-state index in [2.05, 4.69) is 20.6 Å². The lowest BCUT2D eigenvalue weighted by atomic mass is 9.97. The van der Waals surface area contributed by atoms with Gasteiger partial charge in [0.05, 0.1) is 18.7 Å². The van der Waals surface area contributed by atoms with Gasteiger partial charge in [0.1, 0.15) is 11.4 Å². The molecule has 0 saturated carbocycles. The topological polar surface area (TPSA) is 127 Å². The molecule has 2 N–H and O–H groups in total. The molecule has 2 heterocycles. The Kier molecular flexibility index (Phi) is 8.97. The maximum absolute atomic E-state index is 12.6. The van der Waals surface area contributed by atoms with E-state index in [9.17, 15) is 19.2 Å². The summed E-state index contributed by atoms with van der Waals surface area (Å²) in [6.07, 6.45) is 1.05. The van der Waals surface area contributed by atoms with Crippen LogP contribution in [-0.2, 0) is 9.53 Å². The van der Waals surface area contributed by atoms with Crippen LogP contribution >= 0.6 is 11.3 Å². The lowest BCUT2D eigenvalue weighted by Crippen LogP contribution is -2.42. The molecule has 0 unspecified atom stereocenters. The fourth-order valence-corrected chi connectivity index (χ4v) is 4.57. The Balaban J connectivity index is 1.43. The maximum Gasteiger partial charge on any atom is 0.426 e. The minimum absolute atomic E-state index is 0.0374. The first-order valence-corrected chi connectivity index (χ1v) is 11.9. The Bertz CT molecular complexity index is 1010. The van der Waals surface area contributed by atoms with Crippen LogP contribution < -0.4 is 15.6 Å². The number of hydrogen-bond acceptors (Lipinski definition) is 8. The third-order valence-electron chi connectivity index (χ3n) is 5.48. The van der Waals surface area contributed by atoms with Gasteiger partial charge in [0.25, 0.3) is 5.91 Å². The van der Waals surface area contributed by atoms with Gasteiger partial charge in [-0.25, -0.2) is 15.2 Å². The Morgan fingerprint density at radius 1 is 1.09 bits per heavy atom. The summed E-state index contributed by atoms with van der Waals surface area (Å²) in [4.78, 5) is 54.5. The number of aromatic nitrogens is 1. The molecule has 3 rings (SSSR count). The Morgan fingerprint density at radius 3 is 2.44 bits per heavy atom. The van der Waals surface area contributed by atoms with Gasteiger partial charge in [-0.15, -0.1) is 11.3 Å². The molecule has 0 radical (unpaired) electrons. The van der Waals surface area contributed by atoms with E-state index < -0.39 is 12.0 Å². The van der Waals surface area contributed by atoms with Crippen molar-refractivity contribution >= 4 is 35.0 Å². The van der Waals surface area contributed by atoms with Crippen molar-refractivity contribution in [3.05, 3.63) is 45.9 Å². The standard InChI is InChI=1S/C23H28N4O6S/c1-3-33-23(31)26-25-21(30)18-14-34-22(24-18)16-10-12-27(13-11-16)20(29)9-8-19(28)15-4-6-17(32-2)7-5-15/h4-7,14,16H,3,8-13H2,1-2H3,(H,25,30)(H,26,31). The Hall–Kier alpha value is -3.47. The zero-order valence-corrected chi connectivity index (χ0v) is 20.0. The molecule has 34 heavy (non-hydrogen) atoms. The van der Waals surface area contributed by atoms with Crippen LogP contribution in [0.25, 0.3) is 0 Å². The molecule has 182 valence electrons. The van der Waals surface area contributed by atoms with Crippen molar-refractivity contribution in [3.63, 3.8) is 0 Å². The summed E-state index contributed by atoms with van der Waals surface area (Å²) in [5.74, 6) is 0.192. The number of thiazole rings is 1. The number of Topliss-reactive ketones (excluding diaryl/α,β-unsaturated/α-hetero) is 1. The van der Waals surface area contributed by atoms with Gasteiger partial charge in [-0.2, -0.15) is 0 Å². The average molecular weight is 489 g/mol. The zero-order chi connectivity index (χ0) is 24.5. The van der Waals surface area contributed by atoms with Gasteiger partial charge in [0, 0.05) is 42.8 Å². The number of piperidine rings is 1. The van der Waals surface area contributed by atoms with E-state index >= 15 is 0 Å². The number of methoxy groups -OCH3 is 1. The molecule has 0 spiro atoms. The lowest BCUT2D eigenvalue weighted by molar-refractivity contribution is -0.132. The lowest BCUT2D eigenvalue weighted by Gasteiger charge is -2.31.